The highest BCUT2D eigenvalue weighted by atomic mass is 16.3. The number of fused-ring (bicyclic) bond motifs is 5. The van der Waals surface area contributed by atoms with Crippen molar-refractivity contribution in [1.29, 1.82) is 0 Å². The van der Waals surface area contributed by atoms with Crippen molar-refractivity contribution >= 4 is 11.9 Å². The zero-order valence-corrected chi connectivity index (χ0v) is 17.3. The van der Waals surface area contributed by atoms with E-state index in [1.54, 1.807) is 0 Å². The van der Waals surface area contributed by atoms with Crippen LogP contribution in [0.2, 0.25) is 0 Å². The van der Waals surface area contributed by atoms with Gasteiger partial charge in [-0.1, -0.05) is 25.5 Å². The van der Waals surface area contributed by atoms with Crippen LogP contribution in [0.4, 0.5) is 0 Å². The third-order valence-corrected chi connectivity index (χ3v) is 8.80. The Hall–Kier alpha value is -1.61. The predicted octanol–water partition coefficient (Wildman–Crippen LogP) is 5.47. The number of hydrogen-bond acceptors (Lipinski definition) is 3. The van der Waals surface area contributed by atoms with Crippen molar-refractivity contribution < 1.29 is 14.3 Å². The predicted molar refractivity (Wildman–Crippen MR) is 110 cm³/mol. The molecule has 6 atom stereocenters. The van der Waals surface area contributed by atoms with Crippen molar-refractivity contribution in [3.8, 4) is 0 Å². The number of rotatable bonds is 1. The van der Waals surface area contributed by atoms with Crippen LogP contribution in [0, 0.1) is 35.5 Å². The second-order valence-corrected chi connectivity index (χ2v) is 10.3. The molecule has 3 heteroatoms. The molecule has 0 aliphatic heterocycles. The van der Waals surface area contributed by atoms with Crippen molar-refractivity contribution in [2.24, 2.45) is 28.6 Å². The molecule has 0 radical (unpaired) electrons. The van der Waals surface area contributed by atoms with Crippen LogP contribution in [-0.4, -0.2) is 17.0 Å². The summed E-state index contributed by atoms with van der Waals surface area (Å²) < 4.78 is 5.72. The molecule has 4 aliphatic rings. The van der Waals surface area contributed by atoms with Crippen LogP contribution < -0.4 is 0 Å². The minimum absolute atomic E-state index is 0.163. The van der Waals surface area contributed by atoms with Gasteiger partial charge >= 0.3 is 0 Å². The first-order chi connectivity index (χ1) is 13.3. The first kappa shape index (κ1) is 18.4. The smallest absolute Gasteiger partial charge is 0.165 e. The number of hydrogen-bond donors (Lipinski definition) is 1. The topological polar surface area (TPSA) is 50.4 Å². The Bertz CT molecular complexity index is 874. The molecule has 5 rings (SSSR count). The SMILES string of the molecule is Cc1ccc(/C=C2\C[C@@H]3[C@H]4CC=C5C[C@@H](O)CC[C@]5(C)[C@@H]4CC[C@@]3(C)C2=O)o1. The highest BCUT2D eigenvalue weighted by Gasteiger charge is 2.59. The molecule has 1 N–H and O–H groups in total. The van der Waals surface area contributed by atoms with Gasteiger partial charge in [-0.25, -0.2) is 0 Å². The van der Waals surface area contributed by atoms with Crippen molar-refractivity contribution in [1.82, 2.24) is 0 Å². The summed E-state index contributed by atoms with van der Waals surface area (Å²) in [5.74, 6) is 3.70. The molecule has 0 spiro atoms. The number of carbonyl (C=O) groups is 1. The van der Waals surface area contributed by atoms with E-state index in [1.807, 2.05) is 25.1 Å². The standard InChI is InChI=1S/C25H32O3/c1-15-4-6-19(28-15)12-16-13-22-20-7-5-17-14-18(26)8-10-24(17,2)21(20)9-11-25(22,3)23(16)27/h4-6,12,18,20-22,26H,7-11,13-14H2,1-3H3/b16-12+/t18-,20-,21+,22+,24-,25+/m0/s1. The number of carbonyl (C=O) groups excluding carboxylic acids is 1. The van der Waals surface area contributed by atoms with Crippen LogP contribution in [0.3, 0.4) is 0 Å². The lowest BCUT2D eigenvalue weighted by Crippen LogP contribution is -2.50. The van der Waals surface area contributed by atoms with Crippen molar-refractivity contribution in [3.63, 3.8) is 0 Å². The van der Waals surface area contributed by atoms with Crippen molar-refractivity contribution in [2.75, 3.05) is 0 Å². The summed E-state index contributed by atoms with van der Waals surface area (Å²) in [5.41, 5.74) is 2.45. The zero-order valence-electron chi connectivity index (χ0n) is 17.3. The Morgan fingerprint density at radius 1 is 1.11 bits per heavy atom. The third-order valence-electron chi connectivity index (χ3n) is 8.80. The van der Waals surface area contributed by atoms with Gasteiger partial charge in [0.05, 0.1) is 6.10 Å². The Balaban J connectivity index is 1.48. The molecule has 150 valence electrons. The summed E-state index contributed by atoms with van der Waals surface area (Å²) in [6.07, 6.45) is 11.2. The molecule has 0 amide bonds. The molecular formula is C25H32O3. The molecule has 3 nitrogen and oxygen atoms in total. The maximum Gasteiger partial charge on any atom is 0.165 e. The van der Waals surface area contributed by atoms with E-state index in [0.717, 1.165) is 62.0 Å². The van der Waals surface area contributed by atoms with Gasteiger partial charge in [-0.2, -0.15) is 0 Å². The molecule has 1 aromatic heterocycles. The zero-order chi connectivity index (χ0) is 19.7. The minimum Gasteiger partial charge on any atom is -0.462 e. The van der Waals surface area contributed by atoms with E-state index in [0.29, 0.717) is 23.5 Å². The van der Waals surface area contributed by atoms with Gasteiger partial charge in [0.25, 0.3) is 0 Å². The second-order valence-electron chi connectivity index (χ2n) is 10.3. The number of aliphatic hydroxyl groups excluding tert-OH is 1. The Labute approximate surface area is 167 Å². The van der Waals surface area contributed by atoms with Gasteiger partial charge < -0.3 is 9.52 Å². The molecule has 1 heterocycles. The van der Waals surface area contributed by atoms with Crippen LogP contribution in [0.25, 0.3) is 6.08 Å². The van der Waals surface area contributed by atoms with E-state index in [4.69, 9.17) is 4.42 Å². The van der Waals surface area contributed by atoms with E-state index in [2.05, 4.69) is 19.9 Å². The fraction of sp³-hybridized carbons (Fsp3) is 0.640. The quantitative estimate of drug-likeness (QED) is 0.519. The molecule has 28 heavy (non-hydrogen) atoms. The Morgan fingerprint density at radius 2 is 1.89 bits per heavy atom. The first-order valence-electron chi connectivity index (χ1n) is 11.0. The van der Waals surface area contributed by atoms with Gasteiger partial charge in [0.2, 0.25) is 0 Å². The lowest BCUT2D eigenvalue weighted by molar-refractivity contribution is -0.130. The lowest BCUT2D eigenvalue weighted by Gasteiger charge is -2.56. The van der Waals surface area contributed by atoms with Crippen LogP contribution in [0.15, 0.2) is 33.8 Å². The van der Waals surface area contributed by atoms with E-state index in [-0.39, 0.29) is 16.9 Å². The van der Waals surface area contributed by atoms with Gasteiger partial charge in [-0.3, -0.25) is 4.79 Å². The van der Waals surface area contributed by atoms with E-state index in [9.17, 15) is 9.90 Å². The highest BCUT2D eigenvalue weighted by Crippen LogP contribution is 2.64. The molecule has 3 fully saturated rings. The average Bonchev–Trinajstić information content (AvgIpc) is 3.18. The second kappa shape index (κ2) is 6.19. The summed E-state index contributed by atoms with van der Waals surface area (Å²) >= 11 is 0. The Morgan fingerprint density at radius 3 is 2.64 bits per heavy atom. The third kappa shape index (κ3) is 2.55. The van der Waals surface area contributed by atoms with Gasteiger partial charge in [0.1, 0.15) is 11.5 Å². The summed E-state index contributed by atoms with van der Waals surface area (Å²) in [5, 5.41) is 10.2. The van der Waals surface area contributed by atoms with Gasteiger partial charge in [-0.15, -0.1) is 0 Å². The van der Waals surface area contributed by atoms with Crippen LogP contribution in [0.5, 0.6) is 0 Å². The van der Waals surface area contributed by atoms with Crippen molar-refractivity contribution in [2.45, 2.75) is 71.8 Å². The van der Waals surface area contributed by atoms with E-state index in [1.165, 1.54) is 5.57 Å². The summed E-state index contributed by atoms with van der Waals surface area (Å²) in [6, 6.07) is 3.93. The monoisotopic (exact) mass is 380 g/mol. The van der Waals surface area contributed by atoms with Crippen molar-refractivity contribution in [3.05, 3.63) is 40.9 Å². The molecule has 0 saturated heterocycles. The summed E-state index contributed by atoms with van der Waals surface area (Å²) in [6.45, 7) is 6.60. The molecule has 0 bridgehead atoms. The highest BCUT2D eigenvalue weighted by molar-refractivity contribution is 6.05. The van der Waals surface area contributed by atoms with Crippen LogP contribution in [0.1, 0.15) is 70.3 Å². The number of Topliss-reactive ketones (excluding diaryl/α,β-unsaturated/α-hetero) is 1. The fourth-order valence-corrected chi connectivity index (χ4v) is 7.14. The number of aryl methyl sites for hydroxylation is 1. The number of aliphatic hydroxyl groups is 1. The normalized spacial score (nSPS) is 44.1. The van der Waals surface area contributed by atoms with E-state index < -0.39 is 0 Å². The van der Waals surface area contributed by atoms with E-state index >= 15 is 0 Å². The lowest BCUT2D eigenvalue weighted by atomic mass is 9.48. The minimum atomic E-state index is -0.218. The molecule has 3 saturated carbocycles. The molecule has 4 aliphatic carbocycles. The number of ketones is 1. The number of furan rings is 1. The van der Waals surface area contributed by atoms with Gasteiger partial charge in [0.15, 0.2) is 5.78 Å². The molecule has 0 unspecified atom stereocenters. The summed E-state index contributed by atoms with van der Waals surface area (Å²) in [7, 11) is 0. The van der Waals surface area contributed by atoms with Crippen LogP contribution in [-0.2, 0) is 4.79 Å². The van der Waals surface area contributed by atoms with Gasteiger partial charge in [0, 0.05) is 5.41 Å². The van der Waals surface area contributed by atoms with Crippen LogP contribution >= 0.6 is 0 Å². The molecule has 0 aromatic carbocycles. The first-order valence-corrected chi connectivity index (χ1v) is 11.0. The van der Waals surface area contributed by atoms with Gasteiger partial charge in [-0.05, 0) is 98.8 Å². The maximum atomic E-state index is 13.4. The maximum absolute atomic E-state index is 13.4. The largest absolute Gasteiger partial charge is 0.462 e. The Kier molecular flexibility index (Phi) is 4.07. The molecule has 1 aromatic rings. The molecular weight excluding hydrogens is 348 g/mol. The fourth-order valence-electron chi connectivity index (χ4n) is 7.14. The average molecular weight is 381 g/mol. The summed E-state index contributed by atoms with van der Waals surface area (Å²) in [4.78, 5) is 13.4. The number of allylic oxidation sites excluding steroid dienone is 2.